The van der Waals surface area contributed by atoms with Gasteiger partial charge in [-0.25, -0.2) is 4.98 Å². The molecule has 2 aromatic rings. The number of methoxy groups -OCH3 is 2. The molecule has 1 N–H and O–H groups in total. The van der Waals surface area contributed by atoms with E-state index in [1.807, 2.05) is 12.1 Å². The summed E-state index contributed by atoms with van der Waals surface area (Å²) >= 11 is 0. The van der Waals surface area contributed by atoms with Crippen molar-refractivity contribution in [3.8, 4) is 5.88 Å². The van der Waals surface area contributed by atoms with Crippen LogP contribution >= 0.6 is 0 Å². The Kier molecular flexibility index (Phi) is 4.90. The molecule has 1 aliphatic rings. The van der Waals surface area contributed by atoms with Gasteiger partial charge in [-0.2, -0.15) is 4.98 Å². The lowest BCUT2D eigenvalue weighted by molar-refractivity contribution is 0.190. The van der Waals surface area contributed by atoms with Gasteiger partial charge in [0.1, 0.15) is 11.3 Å². The lowest BCUT2D eigenvalue weighted by Crippen LogP contribution is -2.30. The summed E-state index contributed by atoms with van der Waals surface area (Å²) in [6.45, 7) is 3.71. The Hall–Kier alpha value is -1.66. The Labute approximate surface area is 130 Å². The molecule has 0 bridgehead atoms. The van der Waals surface area contributed by atoms with Crippen LogP contribution in [0, 0.1) is 0 Å². The molecule has 0 amide bonds. The second kappa shape index (κ2) is 7.07. The van der Waals surface area contributed by atoms with Gasteiger partial charge in [0.2, 0.25) is 5.88 Å². The maximum absolute atomic E-state index is 5.27. The lowest BCUT2D eigenvalue weighted by atomic mass is 9.99. The zero-order valence-electron chi connectivity index (χ0n) is 13.3. The maximum atomic E-state index is 5.27. The van der Waals surface area contributed by atoms with E-state index in [-0.39, 0.29) is 0 Å². The largest absolute Gasteiger partial charge is 0.481 e. The predicted molar refractivity (Wildman–Crippen MR) is 85.4 cm³/mol. The molecule has 0 aliphatic carbocycles. The molecule has 2 aromatic heterocycles. The van der Waals surface area contributed by atoms with Crippen LogP contribution in [0.5, 0.6) is 5.88 Å². The fourth-order valence-corrected chi connectivity index (χ4v) is 3.09. The van der Waals surface area contributed by atoms with E-state index in [4.69, 9.17) is 14.5 Å². The summed E-state index contributed by atoms with van der Waals surface area (Å²) < 4.78 is 12.7. The average molecular weight is 304 g/mol. The van der Waals surface area contributed by atoms with Gasteiger partial charge in [-0.1, -0.05) is 0 Å². The van der Waals surface area contributed by atoms with E-state index in [2.05, 4.69) is 14.9 Å². The van der Waals surface area contributed by atoms with Crippen molar-refractivity contribution in [1.82, 2.24) is 19.9 Å². The van der Waals surface area contributed by atoms with Crippen molar-refractivity contribution in [2.75, 3.05) is 33.9 Å². The number of aromatic nitrogens is 3. The van der Waals surface area contributed by atoms with E-state index in [9.17, 15) is 0 Å². The minimum atomic E-state index is 0.455. The molecule has 1 unspecified atom stereocenters. The Bertz CT molecular complexity index is 620. The van der Waals surface area contributed by atoms with E-state index in [0.717, 1.165) is 49.7 Å². The highest BCUT2D eigenvalue weighted by Gasteiger charge is 2.23. The van der Waals surface area contributed by atoms with Crippen LogP contribution in [0.2, 0.25) is 0 Å². The van der Waals surface area contributed by atoms with Gasteiger partial charge in [0.05, 0.1) is 7.11 Å². The molecule has 0 spiro atoms. The number of pyridine rings is 1. The molecule has 1 fully saturated rings. The smallest absolute Gasteiger partial charge is 0.215 e. The minimum absolute atomic E-state index is 0.455. The van der Waals surface area contributed by atoms with Crippen molar-refractivity contribution in [2.24, 2.45) is 0 Å². The SMILES string of the molecule is COCCCn1c(C2CCCNC2)nc2ccc(OC)nc21. The van der Waals surface area contributed by atoms with Crippen molar-refractivity contribution in [1.29, 1.82) is 0 Å². The van der Waals surface area contributed by atoms with Crippen LogP contribution in [0.15, 0.2) is 12.1 Å². The lowest BCUT2D eigenvalue weighted by Gasteiger charge is -2.23. The maximum Gasteiger partial charge on any atom is 0.215 e. The fourth-order valence-electron chi connectivity index (χ4n) is 3.09. The van der Waals surface area contributed by atoms with E-state index in [1.54, 1.807) is 14.2 Å². The molecule has 0 aromatic carbocycles. The Morgan fingerprint density at radius 2 is 2.23 bits per heavy atom. The number of nitrogens with zero attached hydrogens (tertiary/aromatic N) is 3. The van der Waals surface area contributed by atoms with Gasteiger partial charge in [0, 0.05) is 38.8 Å². The van der Waals surface area contributed by atoms with Gasteiger partial charge < -0.3 is 19.4 Å². The summed E-state index contributed by atoms with van der Waals surface area (Å²) in [5, 5.41) is 3.47. The van der Waals surface area contributed by atoms with Gasteiger partial charge >= 0.3 is 0 Å². The van der Waals surface area contributed by atoms with Crippen molar-refractivity contribution < 1.29 is 9.47 Å². The first kappa shape index (κ1) is 15.2. The monoisotopic (exact) mass is 304 g/mol. The zero-order chi connectivity index (χ0) is 15.4. The molecule has 3 heterocycles. The number of nitrogens with one attached hydrogen (secondary N) is 1. The molecule has 1 aliphatic heterocycles. The number of rotatable bonds is 6. The van der Waals surface area contributed by atoms with Gasteiger partial charge in [-0.05, 0) is 31.9 Å². The third kappa shape index (κ3) is 3.08. The summed E-state index contributed by atoms with van der Waals surface area (Å²) in [4.78, 5) is 9.46. The van der Waals surface area contributed by atoms with Gasteiger partial charge in [0.25, 0.3) is 0 Å². The van der Waals surface area contributed by atoms with Gasteiger partial charge in [-0.3, -0.25) is 0 Å². The number of ether oxygens (including phenoxy) is 2. The van der Waals surface area contributed by atoms with Crippen molar-refractivity contribution in [3.05, 3.63) is 18.0 Å². The molecule has 1 saturated heterocycles. The molecule has 120 valence electrons. The summed E-state index contributed by atoms with van der Waals surface area (Å²) in [6, 6.07) is 3.87. The number of aryl methyl sites for hydroxylation is 1. The minimum Gasteiger partial charge on any atom is -0.481 e. The van der Waals surface area contributed by atoms with Crippen LogP contribution in [0.1, 0.15) is 31.0 Å². The third-order valence-electron chi connectivity index (χ3n) is 4.20. The average Bonchev–Trinajstić information content (AvgIpc) is 2.94. The van der Waals surface area contributed by atoms with Crippen molar-refractivity contribution >= 4 is 11.2 Å². The first-order valence-electron chi connectivity index (χ1n) is 7.94. The fraction of sp³-hybridized carbons (Fsp3) is 0.625. The number of fused-ring (bicyclic) bond motifs is 1. The summed E-state index contributed by atoms with van der Waals surface area (Å²) in [5.74, 6) is 2.23. The Morgan fingerprint density at radius 3 is 2.95 bits per heavy atom. The highest BCUT2D eigenvalue weighted by molar-refractivity contribution is 5.72. The molecule has 6 heteroatoms. The molecule has 1 atom stereocenters. The number of piperidine rings is 1. The standard InChI is InChI=1S/C16H24N4O2/c1-21-10-4-9-20-15(12-5-3-8-17-11-12)18-13-6-7-14(22-2)19-16(13)20/h6-7,12,17H,3-5,8-11H2,1-2H3. The third-order valence-corrected chi connectivity index (χ3v) is 4.20. The van der Waals surface area contributed by atoms with E-state index in [1.165, 1.54) is 12.8 Å². The summed E-state index contributed by atoms with van der Waals surface area (Å²) in [5.41, 5.74) is 1.86. The van der Waals surface area contributed by atoms with Gasteiger partial charge in [0.15, 0.2) is 5.65 Å². The highest BCUT2D eigenvalue weighted by Crippen LogP contribution is 2.27. The van der Waals surface area contributed by atoms with Crippen LogP contribution in [0.4, 0.5) is 0 Å². The van der Waals surface area contributed by atoms with Crippen LogP contribution in [-0.4, -0.2) is 48.5 Å². The predicted octanol–water partition coefficient (Wildman–Crippen LogP) is 1.94. The molecular weight excluding hydrogens is 280 g/mol. The topological polar surface area (TPSA) is 61.2 Å². The molecule has 22 heavy (non-hydrogen) atoms. The van der Waals surface area contributed by atoms with E-state index >= 15 is 0 Å². The van der Waals surface area contributed by atoms with E-state index < -0.39 is 0 Å². The Balaban J connectivity index is 1.98. The molecule has 0 radical (unpaired) electrons. The second-order valence-corrected chi connectivity index (χ2v) is 5.71. The van der Waals surface area contributed by atoms with Crippen LogP contribution in [0.3, 0.4) is 0 Å². The highest BCUT2D eigenvalue weighted by atomic mass is 16.5. The normalized spacial score (nSPS) is 18.7. The Morgan fingerprint density at radius 1 is 1.32 bits per heavy atom. The van der Waals surface area contributed by atoms with Crippen molar-refractivity contribution in [3.63, 3.8) is 0 Å². The van der Waals surface area contributed by atoms with Crippen LogP contribution in [0.25, 0.3) is 11.2 Å². The summed E-state index contributed by atoms with van der Waals surface area (Å²) in [6.07, 6.45) is 3.33. The van der Waals surface area contributed by atoms with Crippen LogP contribution in [-0.2, 0) is 11.3 Å². The van der Waals surface area contributed by atoms with E-state index in [0.29, 0.717) is 11.8 Å². The molecule has 0 saturated carbocycles. The van der Waals surface area contributed by atoms with Crippen molar-refractivity contribution in [2.45, 2.75) is 31.7 Å². The number of imidazole rings is 1. The quantitative estimate of drug-likeness (QED) is 0.827. The van der Waals surface area contributed by atoms with Crippen LogP contribution < -0.4 is 10.1 Å². The first-order chi connectivity index (χ1) is 10.8. The molecule has 6 nitrogen and oxygen atoms in total. The second-order valence-electron chi connectivity index (χ2n) is 5.71. The first-order valence-corrected chi connectivity index (χ1v) is 7.94. The molecule has 3 rings (SSSR count). The van der Waals surface area contributed by atoms with Gasteiger partial charge in [-0.15, -0.1) is 0 Å². The number of hydrogen-bond donors (Lipinski definition) is 1. The molecular formula is C16H24N4O2. The zero-order valence-corrected chi connectivity index (χ0v) is 13.3. The number of hydrogen-bond acceptors (Lipinski definition) is 5. The summed E-state index contributed by atoms with van der Waals surface area (Å²) in [7, 11) is 3.38.